The lowest BCUT2D eigenvalue weighted by atomic mass is 9.85. The average Bonchev–Trinajstić information content (AvgIpc) is 2.71. The smallest absolute Gasteiger partial charge is 0.0903 e. The van der Waals surface area contributed by atoms with Gasteiger partial charge in [-0.05, 0) is 30.5 Å². The fraction of sp³-hybridized carbons (Fsp3) is 0.467. The zero-order valence-electron chi connectivity index (χ0n) is 10.1. The van der Waals surface area contributed by atoms with E-state index in [4.69, 9.17) is 0 Å². The highest BCUT2D eigenvalue weighted by atomic mass is 16.3. The van der Waals surface area contributed by atoms with Gasteiger partial charge in [0.2, 0.25) is 0 Å². The first-order chi connectivity index (χ1) is 8.30. The highest BCUT2D eigenvalue weighted by molar-refractivity contribution is 5.83. The first-order valence-corrected chi connectivity index (χ1v) is 6.59. The number of hydrogen-bond donors (Lipinski definition) is 2. The summed E-state index contributed by atoms with van der Waals surface area (Å²) in [7, 11) is 0. The molecule has 0 radical (unpaired) electrons. The molecule has 2 nitrogen and oxygen atoms in total. The van der Waals surface area contributed by atoms with E-state index in [0.717, 1.165) is 36.8 Å². The van der Waals surface area contributed by atoms with E-state index in [9.17, 15) is 5.11 Å². The lowest BCUT2D eigenvalue weighted by Gasteiger charge is -2.28. The third-order valence-electron chi connectivity index (χ3n) is 4.03. The first-order valence-electron chi connectivity index (χ1n) is 6.59. The number of aromatic nitrogens is 1. The Morgan fingerprint density at radius 1 is 1.00 bits per heavy atom. The van der Waals surface area contributed by atoms with Gasteiger partial charge in [-0.2, -0.15) is 0 Å². The van der Waals surface area contributed by atoms with Crippen LogP contribution in [0.1, 0.15) is 44.1 Å². The van der Waals surface area contributed by atoms with Crippen molar-refractivity contribution in [3.8, 4) is 0 Å². The van der Waals surface area contributed by atoms with Crippen LogP contribution in [0.4, 0.5) is 0 Å². The molecular weight excluding hydrogens is 210 g/mol. The van der Waals surface area contributed by atoms with E-state index < -0.39 is 5.60 Å². The van der Waals surface area contributed by atoms with Crippen LogP contribution in [0.15, 0.2) is 30.5 Å². The number of rotatable bonds is 1. The highest BCUT2D eigenvalue weighted by Crippen LogP contribution is 2.38. The molecule has 3 rings (SSSR count). The SMILES string of the molecule is OC1(c2cccc3[nH]ccc23)CCCCCC1. The predicted molar refractivity (Wildman–Crippen MR) is 69.9 cm³/mol. The number of hydrogen-bond acceptors (Lipinski definition) is 1. The van der Waals surface area contributed by atoms with E-state index in [1.165, 1.54) is 18.2 Å². The molecule has 0 bridgehead atoms. The summed E-state index contributed by atoms with van der Waals surface area (Å²) in [5.74, 6) is 0. The summed E-state index contributed by atoms with van der Waals surface area (Å²) in [6.45, 7) is 0. The summed E-state index contributed by atoms with van der Waals surface area (Å²) in [6.07, 6.45) is 8.54. The molecule has 1 aromatic heterocycles. The molecule has 0 spiro atoms. The molecule has 90 valence electrons. The Labute approximate surface area is 102 Å². The van der Waals surface area contributed by atoms with Crippen LogP contribution in [0.3, 0.4) is 0 Å². The van der Waals surface area contributed by atoms with Crippen molar-refractivity contribution >= 4 is 10.9 Å². The van der Waals surface area contributed by atoms with Crippen LogP contribution in [0.2, 0.25) is 0 Å². The summed E-state index contributed by atoms with van der Waals surface area (Å²) in [5.41, 5.74) is 1.62. The van der Waals surface area contributed by atoms with Gasteiger partial charge in [-0.25, -0.2) is 0 Å². The fourth-order valence-corrected chi connectivity index (χ4v) is 3.07. The van der Waals surface area contributed by atoms with Gasteiger partial charge in [0.1, 0.15) is 0 Å². The molecule has 1 aliphatic rings. The molecule has 0 amide bonds. The van der Waals surface area contributed by atoms with Crippen LogP contribution >= 0.6 is 0 Å². The minimum atomic E-state index is -0.613. The molecule has 17 heavy (non-hydrogen) atoms. The van der Waals surface area contributed by atoms with Gasteiger partial charge in [0.15, 0.2) is 0 Å². The van der Waals surface area contributed by atoms with Gasteiger partial charge in [-0.3, -0.25) is 0 Å². The predicted octanol–water partition coefficient (Wildman–Crippen LogP) is 3.71. The van der Waals surface area contributed by atoms with Crippen molar-refractivity contribution < 1.29 is 5.11 Å². The molecule has 1 fully saturated rings. The standard InChI is InChI=1S/C15H19NO/c17-15(9-3-1-2-4-10-15)13-6-5-7-14-12(13)8-11-16-14/h5-8,11,16-17H,1-4,9-10H2. The average molecular weight is 229 g/mol. The summed E-state index contributed by atoms with van der Waals surface area (Å²) < 4.78 is 0. The van der Waals surface area contributed by atoms with Crippen molar-refractivity contribution in [2.45, 2.75) is 44.1 Å². The quantitative estimate of drug-likeness (QED) is 0.718. The Morgan fingerprint density at radius 3 is 2.53 bits per heavy atom. The summed E-state index contributed by atoms with van der Waals surface area (Å²) in [6, 6.07) is 8.27. The second-order valence-corrected chi connectivity index (χ2v) is 5.19. The maximum Gasteiger partial charge on any atom is 0.0903 e. The molecular formula is C15H19NO. The van der Waals surface area contributed by atoms with Crippen molar-refractivity contribution in [3.63, 3.8) is 0 Å². The minimum Gasteiger partial charge on any atom is -0.385 e. The van der Waals surface area contributed by atoms with Crippen molar-refractivity contribution in [2.75, 3.05) is 0 Å². The zero-order chi connectivity index (χ0) is 11.7. The van der Waals surface area contributed by atoms with E-state index >= 15 is 0 Å². The lowest BCUT2D eigenvalue weighted by Crippen LogP contribution is -2.24. The topological polar surface area (TPSA) is 36.0 Å². The van der Waals surface area contributed by atoms with Crippen LogP contribution in [0.25, 0.3) is 10.9 Å². The molecule has 0 aliphatic heterocycles. The van der Waals surface area contributed by atoms with Crippen LogP contribution in [-0.2, 0) is 5.60 Å². The Bertz CT molecular complexity index is 506. The van der Waals surface area contributed by atoms with E-state index in [-0.39, 0.29) is 0 Å². The number of aliphatic hydroxyl groups is 1. The molecule has 0 atom stereocenters. The van der Waals surface area contributed by atoms with Crippen LogP contribution in [0, 0.1) is 0 Å². The van der Waals surface area contributed by atoms with Gasteiger partial charge in [-0.1, -0.05) is 37.8 Å². The Morgan fingerprint density at radius 2 is 1.76 bits per heavy atom. The highest BCUT2D eigenvalue weighted by Gasteiger charge is 2.31. The molecule has 0 unspecified atom stereocenters. The minimum absolute atomic E-state index is 0.613. The van der Waals surface area contributed by atoms with Crippen molar-refractivity contribution in [1.82, 2.24) is 4.98 Å². The van der Waals surface area contributed by atoms with Crippen LogP contribution < -0.4 is 0 Å². The molecule has 2 N–H and O–H groups in total. The molecule has 0 saturated heterocycles. The van der Waals surface area contributed by atoms with Gasteiger partial charge in [0.05, 0.1) is 5.60 Å². The fourth-order valence-electron chi connectivity index (χ4n) is 3.07. The number of nitrogens with one attached hydrogen (secondary N) is 1. The van der Waals surface area contributed by atoms with Gasteiger partial charge in [-0.15, -0.1) is 0 Å². The normalized spacial score (nSPS) is 20.3. The lowest BCUT2D eigenvalue weighted by molar-refractivity contribution is 0.0222. The van der Waals surface area contributed by atoms with Crippen molar-refractivity contribution in [1.29, 1.82) is 0 Å². The van der Waals surface area contributed by atoms with Crippen LogP contribution in [0.5, 0.6) is 0 Å². The largest absolute Gasteiger partial charge is 0.385 e. The third kappa shape index (κ3) is 1.87. The Kier molecular flexibility index (Phi) is 2.67. The Balaban J connectivity index is 2.09. The molecule has 2 heteroatoms. The third-order valence-corrected chi connectivity index (χ3v) is 4.03. The van der Waals surface area contributed by atoms with Gasteiger partial charge >= 0.3 is 0 Å². The van der Waals surface area contributed by atoms with E-state index in [1.54, 1.807) is 0 Å². The first kappa shape index (κ1) is 10.8. The maximum absolute atomic E-state index is 10.9. The zero-order valence-corrected chi connectivity index (χ0v) is 10.1. The number of fused-ring (bicyclic) bond motifs is 1. The summed E-state index contributed by atoms with van der Waals surface area (Å²) in [5, 5.41) is 12.1. The van der Waals surface area contributed by atoms with Crippen molar-refractivity contribution in [2.24, 2.45) is 0 Å². The van der Waals surface area contributed by atoms with Gasteiger partial charge < -0.3 is 10.1 Å². The maximum atomic E-state index is 10.9. The summed E-state index contributed by atoms with van der Waals surface area (Å²) >= 11 is 0. The molecule has 1 aliphatic carbocycles. The summed E-state index contributed by atoms with van der Waals surface area (Å²) in [4.78, 5) is 3.22. The molecule has 1 heterocycles. The van der Waals surface area contributed by atoms with Gasteiger partial charge in [0, 0.05) is 17.1 Å². The second-order valence-electron chi connectivity index (χ2n) is 5.19. The number of H-pyrrole nitrogens is 1. The molecule has 2 aromatic rings. The number of aromatic amines is 1. The molecule has 1 saturated carbocycles. The van der Waals surface area contributed by atoms with Gasteiger partial charge in [0.25, 0.3) is 0 Å². The monoisotopic (exact) mass is 229 g/mol. The second kappa shape index (κ2) is 4.19. The van der Waals surface area contributed by atoms with Crippen molar-refractivity contribution in [3.05, 3.63) is 36.0 Å². The van der Waals surface area contributed by atoms with Crippen LogP contribution in [-0.4, -0.2) is 10.1 Å². The van der Waals surface area contributed by atoms with E-state index in [2.05, 4.69) is 23.2 Å². The number of benzene rings is 1. The molecule has 1 aromatic carbocycles. The van der Waals surface area contributed by atoms with E-state index in [1.807, 2.05) is 12.3 Å². The Hall–Kier alpha value is -1.28. The van der Waals surface area contributed by atoms with E-state index in [0.29, 0.717) is 0 Å².